The summed E-state index contributed by atoms with van der Waals surface area (Å²) in [5, 5.41) is 0. The number of hydrogen-bond donors (Lipinski definition) is 0. The van der Waals surface area contributed by atoms with E-state index in [1.807, 2.05) is 9.80 Å². The third-order valence-electron chi connectivity index (χ3n) is 6.65. The molecule has 0 spiro atoms. The van der Waals surface area contributed by atoms with Crippen LogP contribution in [0.3, 0.4) is 0 Å². The minimum Gasteiger partial charge on any atom is -0.342 e. The van der Waals surface area contributed by atoms with Gasteiger partial charge in [-0.2, -0.15) is 0 Å². The second-order valence-electron chi connectivity index (χ2n) is 7.99. The number of rotatable bonds is 6. The van der Waals surface area contributed by atoms with Crippen LogP contribution in [0.5, 0.6) is 0 Å². The maximum Gasteiger partial charge on any atom is 0.240 e. The number of carbonyl (C=O) groups excluding carboxylic acids is 2. The van der Waals surface area contributed by atoms with Crippen LogP contribution in [0, 0.1) is 11.8 Å². The monoisotopic (exact) mass is 349 g/mol. The Bertz CT molecular complexity index is 460. The fourth-order valence-corrected chi connectivity index (χ4v) is 4.79. The van der Waals surface area contributed by atoms with Crippen LogP contribution in [0.2, 0.25) is 0 Å². The molecule has 2 saturated carbocycles. The summed E-state index contributed by atoms with van der Waals surface area (Å²) in [5.41, 5.74) is 0. The van der Waals surface area contributed by atoms with Crippen LogP contribution in [0.4, 0.5) is 0 Å². The van der Waals surface area contributed by atoms with E-state index in [1.165, 1.54) is 32.1 Å². The van der Waals surface area contributed by atoms with E-state index in [-0.39, 0.29) is 12.0 Å². The van der Waals surface area contributed by atoms with Crippen LogP contribution in [-0.2, 0) is 9.59 Å². The van der Waals surface area contributed by atoms with Gasteiger partial charge < -0.3 is 9.80 Å². The van der Waals surface area contributed by atoms with E-state index in [0.29, 0.717) is 17.7 Å². The topological polar surface area (TPSA) is 43.9 Å². The molecule has 0 bridgehead atoms. The summed E-state index contributed by atoms with van der Waals surface area (Å²) in [4.78, 5) is 32.1. The zero-order valence-corrected chi connectivity index (χ0v) is 16.1. The SMILES string of the molecule is CCN(CC)C(=O)C(C1CCCC1)N1CCN(C(=O)C2CCC2)CC1. The molecule has 0 aromatic heterocycles. The van der Waals surface area contributed by atoms with Crippen LogP contribution in [0.15, 0.2) is 0 Å². The molecule has 1 heterocycles. The zero-order chi connectivity index (χ0) is 17.8. The summed E-state index contributed by atoms with van der Waals surface area (Å²) >= 11 is 0. The zero-order valence-electron chi connectivity index (χ0n) is 16.1. The molecule has 1 atom stereocenters. The molecular formula is C20H35N3O2. The van der Waals surface area contributed by atoms with Gasteiger partial charge >= 0.3 is 0 Å². The molecule has 3 rings (SSSR count). The van der Waals surface area contributed by atoms with Gasteiger partial charge in [0.2, 0.25) is 11.8 Å². The van der Waals surface area contributed by atoms with Crippen molar-refractivity contribution in [1.82, 2.24) is 14.7 Å². The van der Waals surface area contributed by atoms with Crippen molar-refractivity contribution in [1.29, 1.82) is 0 Å². The largest absolute Gasteiger partial charge is 0.342 e. The molecule has 0 aromatic rings. The minimum absolute atomic E-state index is 0.0309. The fraction of sp³-hybridized carbons (Fsp3) is 0.900. The first-order valence-corrected chi connectivity index (χ1v) is 10.5. The van der Waals surface area contributed by atoms with Crippen molar-refractivity contribution in [3.63, 3.8) is 0 Å². The Morgan fingerprint density at radius 1 is 0.920 bits per heavy atom. The predicted molar refractivity (Wildman–Crippen MR) is 99.2 cm³/mol. The number of piperazine rings is 1. The highest BCUT2D eigenvalue weighted by Crippen LogP contribution is 2.33. The average Bonchev–Trinajstić information content (AvgIpc) is 3.09. The van der Waals surface area contributed by atoms with E-state index in [0.717, 1.165) is 52.1 Å². The number of likely N-dealkylation sites (N-methyl/N-ethyl adjacent to an activating group) is 1. The third-order valence-corrected chi connectivity index (χ3v) is 6.65. The van der Waals surface area contributed by atoms with Gasteiger partial charge in [0, 0.05) is 45.2 Å². The average molecular weight is 350 g/mol. The van der Waals surface area contributed by atoms with Crippen molar-refractivity contribution >= 4 is 11.8 Å². The first-order chi connectivity index (χ1) is 12.2. The Morgan fingerprint density at radius 3 is 2.00 bits per heavy atom. The highest BCUT2D eigenvalue weighted by atomic mass is 16.2. The molecule has 2 amide bonds. The fourth-order valence-electron chi connectivity index (χ4n) is 4.79. The Balaban J connectivity index is 1.63. The van der Waals surface area contributed by atoms with Crippen molar-refractivity contribution < 1.29 is 9.59 Å². The third kappa shape index (κ3) is 4.02. The van der Waals surface area contributed by atoms with E-state index < -0.39 is 0 Å². The van der Waals surface area contributed by atoms with E-state index in [2.05, 4.69) is 18.7 Å². The van der Waals surface area contributed by atoms with Gasteiger partial charge in [-0.15, -0.1) is 0 Å². The molecule has 2 aliphatic carbocycles. The second kappa shape index (κ2) is 8.52. The van der Waals surface area contributed by atoms with E-state index in [4.69, 9.17) is 0 Å². The molecular weight excluding hydrogens is 314 g/mol. The normalized spacial score (nSPS) is 24.2. The molecule has 142 valence electrons. The first kappa shape index (κ1) is 18.7. The van der Waals surface area contributed by atoms with E-state index in [1.54, 1.807) is 0 Å². The Labute approximate surface area is 152 Å². The number of nitrogens with zero attached hydrogens (tertiary/aromatic N) is 3. The van der Waals surface area contributed by atoms with Crippen LogP contribution in [0.25, 0.3) is 0 Å². The molecule has 25 heavy (non-hydrogen) atoms. The number of hydrogen-bond acceptors (Lipinski definition) is 3. The second-order valence-corrected chi connectivity index (χ2v) is 7.99. The lowest BCUT2D eigenvalue weighted by atomic mass is 9.84. The molecule has 5 heteroatoms. The number of amides is 2. The Hall–Kier alpha value is -1.10. The molecule has 1 saturated heterocycles. The maximum atomic E-state index is 13.2. The Morgan fingerprint density at radius 2 is 1.52 bits per heavy atom. The summed E-state index contributed by atoms with van der Waals surface area (Å²) in [5.74, 6) is 1.46. The van der Waals surface area contributed by atoms with Crippen LogP contribution < -0.4 is 0 Å². The molecule has 1 aliphatic heterocycles. The summed E-state index contributed by atoms with van der Waals surface area (Å²) in [6.45, 7) is 9.02. The maximum absolute atomic E-state index is 13.2. The van der Waals surface area contributed by atoms with Crippen molar-refractivity contribution in [2.24, 2.45) is 11.8 Å². The smallest absolute Gasteiger partial charge is 0.240 e. The lowest BCUT2D eigenvalue weighted by Crippen LogP contribution is -2.59. The molecule has 5 nitrogen and oxygen atoms in total. The van der Waals surface area contributed by atoms with Gasteiger partial charge in [0.15, 0.2) is 0 Å². The lowest BCUT2D eigenvalue weighted by molar-refractivity contribution is -0.143. The van der Waals surface area contributed by atoms with Crippen molar-refractivity contribution in [2.75, 3.05) is 39.3 Å². The van der Waals surface area contributed by atoms with Gasteiger partial charge in [-0.3, -0.25) is 14.5 Å². The molecule has 3 aliphatic rings. The molecule has 0 aromatic carbocycles. The van der Waals surface area contributed by atoms with Crippen molar-refractivity contribution in [2.45, 2.75) is 64.8 Å². The van der Waals surface area contributed by atoms with Gasteiger partial charge in [0.1, 0.15) is 0 Å². The molecule has 1 unspecified atom stereocenters. The van der Waals surface area contributed by atoms with Crippen molar-refractivity contribution in [3.8, 4) is 0 Å². The molecule has 3 fully saturated rings. The van der Waals surface area contributed by atoms with Gasteiger partial charge in [-0.25, -0.2) is 0 Å². The van der Waals surface area contributed by atoms with Gasteiger partial charge in [-0.05, 0) is 45.4 Å². The van der Waals surface area contributed by atoms with Crippen LogP contribution >= 0.6 is 0 Å². The quantitative estimate of drug-likeness (QED) is 0.739. The summed E-state index contributed by atoms with van der Waals surface area (Å²) in [7, 11) is 0. The number of carbonyl (C=O) groups is 2. The highest BCUT2D eigenvalue weighted by Gasteiger charge is 2.39. The van der Waals surface area contributed by atoms with E-state index in [9.17, 15) is 9.59 Å². The summed E-state index contributed by atoms with van der Waals surface area (Å²) < 4.78 is 0. The van der Waals surface area contributed by atoms with Crippen LogP contribution in [0.1, 0.15) is 58.8 Å². The van der Waals surface area contributed by atoms with E-state index >= 15 is 0 Å². The highest BCUT2D eigenvalue weighted by molar-refractivity contribution is 5.82. The van der Waals surface area contributed by atoms with Gasteiger partial charge in [-0.1, -0.05) is 19.3 Å². The molecule has 0 N–H and O–H groups in total. The van der Waals surface area contributed by atoms with Crippen LogP contribution in [-0.4, -0.2) is 71.8 Å². The van der Waals surface area contributed by atoms with Crippen molar-refractivity contribution in [3.05, 3.63) is 0 Å². The van der Waals surface area contributed by atoms with Gasteiger partial charge in [0.25, 0.3) is 0 Å². The Kier molecular flexibility index (Phi) is 6.37. The summed E-state index contributed by atoms with van der Waals surface area (Å²) in [6.07, 6.45) is 8.23. The first-order valence-electron chi connectivity index (χ1n) is 10.5. The predicted octanol–water partition coefficient (Wildman–Crippen LogP) is 2.36. The van der Waals surface area contributed by atoms with Gasteiger partial charge in [0.05, 0.1) is 6.04 Å². The lowest BCUT2D eigenvalue weighted by Gasteiger charge is -2.43. The molecule has 0 radical (unpaired) electrons. The summed E-state index contributed by atoms with van der Waals surface area (Å²) in [6, 6.07) is 0.0309. The minimum atomic E-state index is 0.0309. The standard InChI is InChI=1S/C20H35N3O2/c1-3-21(4-2)20(25)18(16-8-5-6-9-16)22-12-14-23(15-13-22)19(24)17-10-7-11-17/h16-18H,3-15H2,1-2H3.